The molecule has 0 bridgehead atoms. The van der Waals surface area contributed by atoms with E-state index in [1.807, 2.05) is 32.0 Å². The fourth-order valence-corrected chi connectivity index (χ4v) is 1.56. The number of nitrogens with zero attached hydrogens (tertiary/aromatic N) is 1. The maximum Gasteiger partial charge on any atom is 0.261 e. The van der Waals surface area contributed by atoms with Crippen molar-refractivity contribution in [3.63, 3.8) is 0 Å². The highest BCUT2D eigenvalue weighted by atomic mass is 16.5. The molecule has 0 aliphatic heterocycles. The van der Waals surface area contributed by atoms with Crippen molar-refractivity contribution in [3.05, 3.63) is 29.3 Å². The first-order chi connectivity index (χ1) is 9.32. The van der Waals surface area contributed by atoms with Crippen molar-refractivity contribution in [2.75, 3.05) is 20.6 Å². The Hall–Kier alpha value is -2.04. The number of hydrogen-bond acceptors (Lipinski definition) is 3. The monoisotopic (exact) mass is 278 g/mol. The van der Waals surface area contributed by atoms with Gasteiger partial charge in [0.05, 0.1) is 6.54 Å². The van der Waals surface area contributed by atoms with Crippen LogP contribution in [0.15, 0.2) is 18.2 Å². The Morgan fingerprint density at radius 3 is 2.55 bits per heavy atom. The second-order valence-corrected chi connectivity index (χ2v) is 4.96. The third kappa shape index (κ3) is 4.26. The van der Waals surface area contributed by atoms with Gasteiger partial charge in [0.2, 0.25) is 5.91 Å². The molecule has 1 N–H and O–H groups in total. The molecule has 1 aromatic rings. The number of aryl methyl sites for hydroxylation is 1. The largest absolute Gasteiger partial charge is 0.481 e. The van der Waals surface area contributed by atoms with E-state index in [-0.39, 0.29) is 18.4 Å². The van der Waals surface area contributed by atoms with Gasteiger partial charge in [-0.2, -0.15) is 0 Å². The molecule has 5 heteroatoms. The number of rotatable bonds is 5. The fraction of sp³-hybridized carbons (Fsp3) is 0.467. The number of carbonyl (C=O) groups is 2. The van der Waals surface area contributed by atoms with Gasteiger partial charge in [-0.15, -0.1) is 0 Å². The van der Waals surface area contributed by atoms with Crippen LogP contribution in [0.4, 0.5) is 0 Å². The standard InChI is InChI=1S/C15H22N2O3/c1-10-7-6-8-13(11(10)2)20-12(3)15(19)16-9-14(18)17(4)5/h6-8,12H,9H2,1-5H3,(H,16,19). The summed E-state index contributed by atoms with van der Waals surface area (Å²) in [7, 11) is 3.29. The molecule has 0 saturated carbocycles. The van der Waals surface area contributed by atoms with Crippen LogP contribution in [0.3, 0.4) is 0 Å². The van der Waals surface area contributed by atoms with Crippen LogP contribution in [-0.4, -0.2) is 43.5 Å². The number of amides is 2. The van der Waals surface area contributed by atoms with Crippen LogP contribution in [0, 0.1) is 13.8 Å². The van der Waals surface area contributed by atoms with Crippen molar-refractivity contribution >= 4 is 11.8 Å². The predicted octanol–water partition coefficient (Wildman–Crippen LogP) is 1.28. The molecule has 2 amide bonds. The highest BCUT2D eigenvalue weighted by Gasteiger charge is 2.17. The van der Waals surface area contributed by atoms with Crippen molar-refractivity contribution in [3.8, 4) is 5.75 Å². The van der Waals surface area contributed by atoms with Gasteiger partial charge in [-0.25, -0.2) is 0 Å². The maximum atomic E-state index is 11.9. The van der Waals surface area contributed by atoms with Crippen molar-refractivity contribution in [2.45, 2.75) is 26.9 Å². The average molecular weight is 278 g/mol. The molecule has 1 atom stereocenters. The Labute approximate surface area is 119 Å². The van der Waals surface area contributed by atoms with Gasteiger partial charge in [0.15, 0.2) is 6.10 Å². The minimum absolute atomic E-state index is 0.0215. The zero-order valence-corrected chi connectivity index (χ0v) is 12.7. The summed E-state index contributed by atoms with van der Waals surface area (Å²) >= 11 is 0. The minimum Gasteiger partial charge on any atom is -0.481 e. The van der Waals surface area contributed by atoms with Gasteiger partial charge < -0.3 is 15.0 Å². The molecule has 0 aliphatic rings. The van der Waals surface area contributed by atoms with E-state index in [1.54, 1.807) is 21.0 Å². The van der Waals surface area contributed by atoms with Crippen LogP contribution in [0.25, 0.3) is 0 Å². The second kappa shape index (κ2) is 6.93. The van der Waals surface area contributed by atoms with Gasteiger partial charge in [0, 0.05) is 14.1 Å². The lowest BCUT2D eigenvalue weighted by molar-refractivity contribution is -0.133. The quantitative estimate of drug-likeness (QED) is 0.882. The minimum atomic E-state index is -0.648. The van der Waals surface area contributed by atoms with E-state index in [0.29, 0.717) is 5.75 Å². The summed E-state index contributed by atoms with van der Waals surface area (Å²) in [4.78, 5) is 24.7. The van der Waals surface area contributed by atoms with Crippen LogP contribution in [-0.2, 0) is 9.59 Å². The van der Waals surface area contributed by atoms with Gasteiger partial charge >= 0.3 is 0 Å². The number of ether oxygens (including phenoxy) is 1. The molecule has 0 aliphatic carbocycles. The van der Waals surface area contributed by atoms with Gasteiger partial charge in [0.25, 0.3) is 5.91 Å². The van der Waals surface area contributed by atoms with Crippen LogP contribution >= 0.6 is 0 Å². The smallest absolute Gasteiger partial charge is 0.261 e. The first-order valence-electron chi connectivity index (χ1n) is 6.53. The average Bonchev–Trinajstić information content (AvgIpc) is 2.40. The number of benzene rings is 1. The molecule has 0 heterocycles. The molecule has 1 rings (SSSR count). The number of carbonyl (C=O) groups excluding carboxylic acids is 2. The molecule has 0 aromatic heterocycles. The molecule has 0 saturated heterocycles. The van der Waals surface area contributed by atoms with Crippen LogP contribution < -0.4 is 10.1 Å². The Balaban J connectivity index is 2.58. The lowest BCUT2D eigenvalue weighted by Crippen LogP contribution is -2.42. The highest BCUT2D eigenvalue weighted by Crippen LogP contribution is 2.21. The molecular formula is C15H22N2O3. The molecule has 0 radical (unpaired) electrons. The lowest BCUT2D eigenvalue weighted by Gasteiger charge is -2.17. The Morgan fingerprint density at radius 2 is 1.95 bits per heavy atom. The Kier molecular flexibility index (Phi) is 5.55. The fourth-order valence-electron chi connectivity index (χ4n) is 1.56. The van der Waals surface area contributed by atoms with Crippen LogP contribution in [0.1, 0.15) is 18.1 Å². The van der Waals surface area contributed by atoms with E-state index in [9.17, 15) is 9.59 Å². The maximum absolute atomic E-state index is 11.9. The molecule has 20 heavy (non-hydrogen) atoms. The molecule has 0 fully saturated rings. The number of likely N-dealkylation sites (N-methyl/N-ethyl adjacent to an activating group) is 1. The first kappa shape index (κ1) is 16.0. The SMILES string of the molecule is Cc1cccc(OC(C)C(=O)NCC(=O)N(C)C)c1C. The Bertz CT molecular complexity index is 498. The predicted molar refractivity (Wildman–Crippen MR) is 77.7 cm³/mol. The summed E-state index contributed by atoms with van der Waals surface area (Å²) in [5, 5.41) is 2.56. The molecular weight excluding hydrogens is 256 g/mol. The van der Waals surface area contributed by atoms with Gasteiger partial charge in [-0.1, -0.05) is 12.1 Å². The molecule has 110 valence electrons. The van der Waals surface area contributed by atoms with E-state index in [1.165, 1.54) is 4.90 Å². The first-order valence-corrected chi connectivity index (χ1v) is 6.53. The second-order valence-electron chi connectivity index (χ2n) is 4.96. The summed E-state index contributed by atoms with van der Waals surface area (Å²) in [6, 6.07) is 5.71. The van der Waals surface area contributed by atoms with Crippen LogP contribution in [0.5, 0.6) is 5.75 Å². The summed E-state index contributed by atoms with van der Waals surface area (Å²) in [6.07, 6.45) is -0.648. The molecule has 1 aromatic carbocycles. The van der Waals surface area contributed by atoms with E-state index < -0.39 is 6.10 Å². The lowest BCUT2D eigenvalue weighted by atomic mass is 10.1. The number of hydrogen-bond donors (Lipinski definition) is 1. The summed E-state index contributed by atoms with van der Waals surface area (Å²) in [5.74, 6) is 0.227. The van der Waals surface area contributed by atoms with Gasteiger partial charge in [-0.05, 0) is 38.0 Å². The van der Waals surface area contributed by atoms with Crippen molar-refractivity contribution in [1.29, 1.82) is 0 Å². The van der Waals surface area contributed by atoms with E-state index in [2.05, 4.69) is 5.32 Å². The normalized spacial score (nSPS) is 11.7. The zero-order chi connectivity index (χ0) is 15.3. The van der Waals surface area contributed by atoms with Crippen molar-refractivity contribution < 1.29 is 14.3 Å². The topological polar surface area (TPSA) is 58.6 Å². The van der Waals surface area contributed by atoms with E-state index >= 15 is 0 Å². The summed E-state index contributed by atoms with van der Waals surface area (Å²) < 4.78 is 5.64. The van der Waals surface area contributed by atoms with Gasteiger partial charge in [0.1, 0.15) is 5.75 Å². The van der Waals surface area contributed by atoms with E-state index in [4.69, 9.17) is 4.74 Å². The zero-order valence-electron chi connectivity index (χ0n) is 12.7. The summed E-state index contributed by atoms with van der Waals surface area (Å²) in [6.45, 7) is 5.58. The van der Waals surface area contributed by atoms with E-state index in [0.717, 1.165) is 11.1 Å². The number of nitrogens with one attached hydrogen (secondary N) is 1. The van der Waals surface area contributed by atoms with Crippen molar-refractivity contribution in [2.24, 2.45) is 0 Å². The third-order valence-corrected chi connectivity index (χ3v) is 3.14. The van der Waals surface area contributed by atoms with Crippen LogP contribution in [0.2, 0.25) is 0 Å². The highest BCUT2D eigenvalue weighted by molar-refractivity contribution is 5.86. The summed E-state index contributed by atoms with van der Waals surface area (Å²) in [5.41, 5.74) is 2.12. The molecule has 1 unspecified atom stereocenters. The molecule has 5 nitrogen and oxygen atoms in total. The van der Waals surface area contributed by atoms with Gasteiger partial charge in [-0.3, -0.25) is 9.59 Å². The third-order valence-electron chi connectivity index (χ3n) is 3.14. The molecule has 0 spiro atoms. The van der Waals surface area contributed by atoms with Crippen molar-refractivity contribution in [1.82, 2.24) is 10.2 Å². The Morgan fingerprint density at radius 1 is 1.30 bits per heavy atom.